The van der Waals surface area contributed by atoms with E-state index in [4.69, 9.17) is 0 Å². The van der Waals surface area contributed by atoms with Crippen molar-refractivity contribution in [3.8, 4) is 22.3 Å². The van der Waals surface area contributed by atoms with Crippen molar-refractivity contribution in [2.24, 2.45) is 0 Å². The van der Waals surface area contributed by atoms with Crippen LogP contribution in [0.1, 0.15) is 49.9 Å². The summed E-state index contributed by atoms with van der Waals surface area (Å²) in [6, 6.07) is 32.0. The lowest BCUT2D eigenvalue weighted by Gasteiger charge is -2.24. The summed E-state index contributed by atoms with van der Waals surface area (Å²) >= 11 is 0. The maximum absolute atomic E-state index is 2.53. The molecule has 0 nitrogen and oxygen atoms in total. The van der Waals surface area contributed by atoms with Crippen LogP contribution in [0.15, 0.2) is 84.9 Å². The highest BCUT2D eigenvalue weighted by Crippen LogP contribution is 2.58. The van der Waals surface area contributed by atoms with Crippen LogP contribution in [0.4, 0.5) is 0 Å². The third-order valence-corrected chi connectivity index (χ3v) is 8.25. The predicted molar refractivity (Wildman–Crippen MR) is 137 cm³/mol. The molecular formula is C32H26. The molecule has 0 spiro atoms. The largest absolute Gasteiger partial charge is 0.0616 e. The molecule has 0 atom stereocenters. The highest BCUT2D eigenvalue weighted by atomic mass is 14.4. The predicted octanol–water partition coefficient (Wildman–Crippen LogP) is 8.61. The zero-order valence-electron chi connectivity index (χ0n) is 19.1. The molecule has 0 saturated heterocycles. The summed E-state index contributed by atoms with van der Waals surface area (Å²) in [6.45, 7) is 9.57. The Morgan fingerprint density at radius 2 is 0.844 bits per heavy atom. The third kappa shape index (κ3) is 2.04. The molecule has 2 aliphatic rings. The molecule has 0 N–H and O–H groups in total. The maximum atomic E-state index is 2.53. The molecule has 0 fully saturated rings. The molecule has 0 aromatic heterocycles. The van der Waals surface area contributed by atoms with Crippen molar-refractivity contribution < 1.29 is 0 Å². The quantitative estimate of drug-likeness (QED) is 0.240. The van der Waals surface area contributed by atoms with E-state index >= 15 is 0 Å². The first kappa shape index (κ1) is 18.2. The van der Waals surface area contributed by atoms with Crippen molar-refractivity contribution in [2.45, 2.75) is 38.5 Å². The van der Waals surface area contributed by atoms with E-state index in [-0.39, 0.29) is 10.8 Å². The Morgan fingerprint density at radius 1 is 0.438 bits per heavy atom. The van der Waals surface area contributed by atoms with E-state index in [1.165, 1.54) is 66.1 Å². The molecule has 32 heavy (non-hydrogen) atoms. The molecular weight excluding hydrogens is 384 g/mol. The molecule has 0 bridgehead atoms. The van der Waals surface area contributed by atoms with Crippen molar-refractivity contribution in [3.05, 3.63) is 107 Å². The van der Waals surface area contributed by atoms with Gasteiger partial charge in [0, 0.05) is 10.8 Å². The van der Waals surface area contributed by atoms with Gasteiger partial charge in [0.05, 0.1) is 0 Å². The SMILES string of the molecule is CC1(C)c2cc3c(cc2-c2c1ccc1ccccc21)C(C)(C)c1ccc2ccccc2c1-3. The van der Waals surface area contributed by atoms with E-state index in [0.717, 1.165) is 0 Å². The van der Waals surface area contributed by atoms with Crippen LogP contribution in [0.25, 0.3) is 43.8 Å². The summed E-state index contributed by atoms with van der Waals surface area (Å²) in [7, 11) is 0. The third-order valence-electron chi connectivity index (χ3n) is 8.25. The van der Waals surface area contributed by atoms with Crippen molar-refractivity contribution in [1.82, 2.24) is 0 Å². The minimum Gasteiger partial charge on any atom is -0.0616 e. The van der Waals surface area contributed by atoms with E-state index in [2.05, 4.69) is 113 Å². The Morgan fingerprint density at radius 3 is 1.28 bits per heavy atom. The lowest BCUT2D eigenvalue weighted by atomic mass is 9.79. The van der Waals surface area contributed by atoms with E-state index in [9.17, 15) is 0 Å². The summed E-state index contributed by atoms with van der Waals surface area (Å²) in [4.78, 5) is 0. The fourth-order valence-corrected chi connectivity index (χ4v) is 6.50. The van der Waals surface area contributed by atoms with Crippen molar-refractivity contribution >= 4 is 21.5 Å². The monoisotopic (exact) mass is 410 g/mol. The number of hydrogen-bond donors (Lipinski definition) is 0. The van der Waals surface area contributed by atoms with Crippen LogP contribution < -0.4 is 0 Å². The van der Waals surface area contributed by atoms with E-state index in [1.807, 2.05) is 0 Å². The number of rotatable bonds is 0. The van der Waals surface area contributed by atoms with Gasteiger partial charge in [0.25, 0.3) is 0 Å². The van der Waals surface area contributed by atoms with Gasteiger partial charge in [-0.25, -0.2) is 0 Å². The van der Waals surface area contributed by atoms with Gasteiger partial charge in [-0.1, -0.05) is 100 Å². The fraction of sp³-hybridized carbons (Fsp3) is 0.188. The molecule has 5 aromatic rings. The van der Waals surface area contributed by atoms with Crippen LogP contribution in [-0.4, -0.2) is 0 Å². The van der Waals surface area contributed by atoms with Gasteiger partial charge in [0.1, 0.15) is 0 Å². The highest BCUT2D eigenvalue weighted by Gasteiger charge is 2.42. The minimum absolute atomic E-state index is 0.0127. The first-order chi connectivity index (χ1) is 15.4. The van der Waals surface area contributed by atoms with Gasteiger partial charge in [-0.2, -0.15) is 0 Å². The molecule has 5 aromatic carbocycles. The van der Waals surface area contributed by atoms with Gasteiger partial charge in [-0.3, -0.25) is 0 Å². The smallest absolute Gasteiger partial charge is 0.0159 e. The average Bonchev–Trinajstić information content (AvgIpc) is 3.17. The Kier molecular flexibility index (Phi) is 3.24. The standard InChI is InChI=1S/C32H26/c1-31(2)25-15-13-19-9-5-7-11-21(19)29(25)23-18-28-24(17-27(23)31)30-22-12-8-6-10-20(22)14-16-26(30)32(28,3)4/h5-18H,1-4H3. The number of fused-ring (bicyclic) bond motifs is 10. The second kappa shape index (κ2) is 5.70. The van der Waals surface area contributed by atoms with Crippen LogP contribution in [-0.2, 0) is 10.8 Å². The normalized spacial score (nSPS) is 16.6. The zero-order valence-corrected chi connectivity index (χ0v) is 19.1. The van der Waals surface area contributed by atoms with Gasteiger partial charge < -0.3 is 0 Å². The molecule has 2 aliphatic carbocycles. The van der Waals surface area contributed by atoms with Gasteiger partial charge in [0.2, 0.25) is 0 Å². The highest BCUT2D eigenvalue weighted by molar-refractivity contribution is 6.06. The summed E-state index contributed by atoms with van der Waals surface area (Å²) in [5.74, 6) is 0. The molecule has 0 radical (unpaired) electrons. The Bertz CT molecular complexity index is 1490. The molecule has 0 saturated carbocycles. The molecule has 0 unspecified atom stereocenters. The number of hydrogen-bond acceptors (Lipinski definition) is 0. The minimum atomic E-state index is -0.0127. The Balaban J connectivity index is 1.62. The molecule has 7 rings (SSSR count). The maximum Gasteiger partial charge on any atom is 0.0159 e. The van der Waals surface area contributed by atoms with E-state index in [0.29, 0.717) is 0 Å². The van der Waals surface area contributed by atoms with Crippen LogP contribution in [0, 0.1) is 0 Å². The summed E-state index contributed by atoms with van der Waals surface area (Å²) in [5, 5.41) is 5.39. The summed E-state index contributed by atoms with van der Waals surface area (Å²) < 4.78 is 0. The zero-order chi connectivity index (χ0) is 21.8. The van der Waals surface area contributed by atoms with Gasteiger partial charge in [0.15, 0.2) is 0 Å². The van der Waals surface area contributed by atoms with E-state index in [1.54, 1.807) is 0 Å². The molecule has 154 valence electrons. The van der Waals surface area contributed by atoms with Crippen LogP contribution in [0.2, 0.25) is 0 Å². The molecule has 0 heteroatoms. The molecule has 0 amide bonds. The van der Waals surface area contributed by atoms with Crippen LogP contribution in [0.3, 0.4) is 0 Å². The molecule has 0 heterocycles. The summed E-state index contributed by atoms with van der Waals surface area (Å²) in [5.41, 5.74) is 11.5. The second-order valence-corrected chi connectivity index (χ2v) is 10.6. The van der Waals surface area contributed by atoms with E-state index < -0.39 is 0 Å². The molecule has 0 aliphatic heterocycles. The fourth-order valence-electron chi connectivity index (χ4n) is 6.50. The van der Waals surface area contributed by atoms with Crippen molar-refractivity contribution in [1.29, 1.82) is 0 Å². The lowest BCUT2D eigenvalue weighted by molar-refractivity contribution is 0.652. The van der Waals surface area contributed by atoms with Gasteiger partial charge >= 0.3 is 0 Å². The number of benzene rings is 5. The van der Waals surface area contributed by atoms with Crippen molar-refractivity contribution in [2.75, 3.05) is 0 Å². The topological polar surface area (TPSA) is 0 Å². The average molecular weight is 411 g/mol. The first-order valence-electron chi connectivity index (χ1n) is 11.6. The second-order valence-electron chi connectivity index (χ2n) is 10.6. The van der Waals surface area contributed by atoms with Crippen LogP contribution in [0.5, 0.6) is 0 Å². The lowest BCUT2D eigenvalue weighted by Crippen LogP contribution is -2.16. The van der Waals surface area contributed by atoms with Crippen molar-refractivity contribution in [3.63, 3.8) is 0 Å². The van der Waals surface area contributed by atoms with Gasteiger partial charge in [-0.05, 0) is 78.2 Å². The van der Waals surface area contributed by atoms with Crippen LogP contribution >= 0.6 is 0 Å². The first-order valence-corrected chi connectivity index (χ1v) is 11.6. The van der Waals surface area contributed by atoms with Gasteiger partial charge in [-0.15, -0.1) is 0 Å². The Labute approximate surface area is 189 Å². The Hall–Kier alpha value is -3.38. The summed E-state index contributed by atoms with van der Waals surface area (Å²) in [6.07, 6.45) is 0.